The van der Waals surface area contributed by atoms with E-state index in [1.807, 2.05) is 0 Å². The highest BCUT2D eigenvalue weighted by Gasteiger charge is 2.22. The van der Waals surface area contributed by atoms with Crippen LogP contribution < -0.4 is 4.74 Å². The molecule has 0 spiro atoms. The summed E-state index contributed by atoms with van der Waals surface area (Å²) in [6.07, 6.45) is 0. The van der Waals surface area contributed by atoms with Crippen LogP contribution in [-0.2, 0) is 0 Å². The number of nitro groups is 1. The van der Waals surface area contributed by atoms with Crippen LogP contribution in [0.15, 0.2) is 29.6 Å². The number of aromatic carboxylic acids is 1. The van der Waals surface area contributed by atoms with Gasteiger partial charge in [0.05, 0.1) is 4.92 Å². The normalized spacial score (nSPS) is 10.2. The van der Waals surface area contributed by atoms with E-state index in [4.69, 9.17) is 9.84 Å². The first-order valence-corrected chi connectivity index (χ1v) is 5.79. The number of nitro benzene ring substituents is 1. The van der Waals surface area contributed by atoms with Crippen molar-refractivity contribution in [2.24, 2.45) is 0 Å². The Bertz CT molecular complexity index is 654. The molecule has 0 aliphatic carbocycles. The molecule has 1 aromatic carbocycles. The number of rotatable bonds is 4. The zero-order valence-electron chi connectivity index (χ0n) is 9.20. The highest BCUT2D eigenvalue weighted by atomic mass is 32.1. The number of halogens is 1. The van der Waals surface area contributed by atoms with Gasteiger partial charge in [-0.25, -0.2) is 4.79 Å². The van der Waals surface area contributed by atoms with Gasteiger partial charge in [0.15, 0.2) is 0 Å². The number of carboxylic acids is 1. The van der Waals surface area contributed by atoms with E-state index in [1.165, 1.54) is 23.6 Å². The van der Waals surface area contributed by atoms with Crippen molar-refractivity contribution in [3.05, 3.63) is 50.5 Å². The largest absolute Gasteiger partial charge is 0.477 e. The molecule has 0 aliphatic rings. The lowest BCUT2D eigenvalue weighted by Gasteiger charge is -2.04. The van der Waals surface area contributed by atoms with Gasteiger partial charge in [-0.15, -0.1) is 11.3 Å². The molecule has 6 nitrogen and oxygen atoms in total. The van der Waals surface area contributed by atoms with E-state index in [0.29, 0.717) is 0 Å². The number of thiophene rings is 1. The summed E-state index contributed by atoms with van der Waals surface area (Å²) in [5, 5.41) is 20.9. The van der Waals surface area contributed by atoms with E-state index >= 15 is 0 Å². The number of nitrogens with zero attached hydrogens (tertiary/aromatic N) is 1. The molecule has 0 saturated carbocycles. The van der Waals surface area contributed by atoms with Gasteiger partial charge in [-0.1, -0.05) is 6.07 Å². The first-order chi connectivity index (χ1) is 8.99. The summed E-state index contributed by atoms with van der Waals surface area (Å²) in [6.45, 7) is 0. The molecule has 19 heavy (non-hydrogen) atoms. The van der Waals surface area contributed by atoms with Gasteiger partial charge in [0.2, 0.25) is 11.6 Å². The first-order valence-electron chi connectivity index (χ1n) is 4.91. The minimum Gasteiger partial charge on any atom is -0.477 e. The van der Waals surface area contributed by atoms with Crippen LogP contribution in [0.2, 0.25) is 0 Å². The van der Waals surface area contributed by atoms with Gasteiger partial charge >= 0.3 is 11.7 Å². The van der Waals surface area contributed by atoms with Crippen LogP contribution in [0.5, 0.6) is 11.5 Å². The zero-order valence-corrected chi connectivity index (χ0v) is 10.0. The minimum absolute atomic E-state index is 0.0223. The SMILES string of the molecule is O=C(O)c1cc(Oc2cccc(F)c2[N+](=O)[O-])cs1. The number of benzene rings is 1. The summed E-state index contributed by atoms with van der Waals surface area (Å²) in [6, 6.07) is 4.66. The van der Waals surface area contributed by atoms with E-state index in [1.54, 1.807) is 0 Å². The Balaban J connectivity index is 2.35. The summed E-state index contributed by atoms with van der Waals surface area (Å²) in [7, 11) is 0. The van der Waals surface area contributed by atoms with E-state index in [9.17, 15) is 19.3 Å². The molecule has 2 aromatic rings. The van der Waals surface area contributed by atoms with Crippen molar-refractivity contribution in [1.82, 2.24) is 0 Å². The molecule has 0 saturated heterocycles. The summed E-state index contributed by atoms with van der Waals surface area (Å²) >= 11 is 0.907. The fourth-order valence-electron chi connectivity index (χ4n) is 1.37. The van der Waals surface area contributed by atoms with Crippen molar-refractivity contribution in [2.45, 2.75) is 0 Å². The van der Waals surface area contributed by atoms with Gasteiger partial charge in [-0.05, 0) is 12.1 Å². The van der Waals surface area contributed by atoms with Crippen LogP contribution in [0.4, 0.5) is 10.1 Å². The number of carbonyl (C=O) groups is 1. The lowest BCUT2D eigenvalue weighted by Crippen LogP contribution is -1.96. The maximum absolute atomic E-state index is 13.3. The molecule has 0 amide bonds. The van der Waals surface area contributed by atoms with E-state index in [0.717, 1.165) is 17.4 Å². The van der Waals surface area contributed by atoms with Gasteiger partial charge in [-0.2, -0.15) is 4.39 Å². The van der Waals surface area contributed by atoms with Crippen LogP contribution >= 0.6 is 11.3 Å². The molecular weight excluding hydrogens is 277 g/mol. The number of hydrogen-bond acceptors (Lipinski definition) is 5. The molecule has 0 atom stereocenters. The smallest absolute Gasteiger partial charge is 0.346 e. The molecule has 0 fully saturated rings. The van der Waals surface area contributed by atoms with Gasteiger partial charge in [0.1, 0.15) is 10.6 Å². The topological polar surface area (TPSA) is 89.7 Å². The monoisotopic (exact) mass is 283 g/mol. The Morgan fingerprint density at radius 3 is 2.79 bits per heavy atom. The molecule has 1 aromatic heterocycles. The Morgan fingerprint density at radius 1 is 1.47 bits per heavy atom. The molecule has 0 aliphatic heterocycles. The quantitative estimate of drug-likeness (QED) is 0.686. The van der Waals surface area contributed by atoms with Crippen molar-refractivity contribution in [1.29, 1.82) is 0 Å². The number of carboxylic acid groups (broad SMARTS) is 1. The molecule has 1 heterocycles. The van der Waals surface area contributed by atoms with Crippen LogP contribution in [-0.4, -0.2) is 16.0 Å². The lowest BCUT2D eigenvalue weighted by molar-refractivity contribution is -0.388. The molecule has 0 radical (unpaired) electrons. The third kappa shape index (κ3) is 2.68. The summed E-state index contributed by atoms with van der Waals surface area (Å²) in [5.41, 5.74) is -0.787. The highest BCUT2D eigenvalue weighted by Crippen LogP contribution is 2.34. The van der Waals surface area contributed by atoms with Crippen molar-refractivity contribution in [2.75, 3.05) is 0 Å². The number of para-hydroxylation sites is 1. The second-order valence-electron chi connectivity index (χ2n) is 3.40. The maximum Gasteiger partial charge on any atom is 0.346 e. The number of ether oxygens (including phenoxy) is 1. The maximum atomic E-state index is 13.3. The molecule has 2 rings (SSSR count). The summed E-state index contributed by atoms with van der Waals surface area (Å²) < 4.78 is 18.5. The third-order valence-electron chi connectivity index (χ3n) is 2.15. The van der Waals surface area contributed by atoms with Crippen LogP contribution in [0.1, 0.15) is 9.67 Å². The Kier molecular flexibility index (Phi) is 3.43. The molecule has 0 bridgehead atoms. The highest BCUT2D eigenvalue weighted by molar-refractivity contribution is 7.12. The predicted molar refractivity (Wildman–Crippen MR) is 64.4 cm³/mol. The molecule has 8 heteroatoms. The van der Waals surface area contributed by atoms with E-state index in [-0.39, 0.29) is 16.4 Å². The Morgan fingerprint density at radius 2 is 2.21 bits per heavy atom. The molecular formula is C11H6FNO5S. The minimum atomic E-state index is -1.13. The van der Waals surface area contributed by atoms with Crippen LogP contribution in [0.3, 0.4) is 0 Å². The zero-order chi connectivity index (χ0) is 14.0. The van der Waals surface area contributed by atoms with Gasteiger partial charge in [0.25, 0.3) is 0 Å². The molecule has 0 unspecified atom stereocenters. The lowest BCUT2D eigenvalue weighted by atomic mass is 10.3. The van der Waals surface area contributed by atoms with Crippen LogP contribution in [0.25, 0.3) is 0 Å². The second-order valence-corrected chi connectivity index (χ2v) is 4.31. The first kappa shape index (κ1) is 13.0. The van der Waals surface area contributed by atoms with E-state index in [2.05, 4.69) is 0 Å². The van der Waals surface area contributed by atoms with Crippen molar-refractivity contribution >= 4 is 23.0 Å². The average molecular weight is 283 g/mol. The predicted octanol–water partition coefficient (Wildman–Crippen LogP) is 3.29. The number of hydrogen-bond donors (Lipinski definition) is 1. The van der Waals surface area contributed by atoms with E-state index < -0.39 is 22.4 Å². The van der Waals surface area contributed by atoms with Crippen molar-refractivity contribution in [3.8, 4) is 11.5 Å². The summed E-state index contributed by atoms with van der Waals surface area (Å²) in [4.78, 5) is 20.6. The third-order valence-corrected chi connectivity index (χ3v) is 3.04. The Labute approximate surface area is 109 Å². The molecule has 98 valence electrons. The average Bonchev–Trinajstić information content (AvgIpc) is 2.77. The van der Waals surface area contributed by atoms with Crippen LogP contribution in [0, 0.1) is 15.9 Å². The van der Waals surface area contributed by atoms with Gasteiger partial charge in [-0.3, -0.25) is 10.1 Å². The van der Waals surface area contributed by atoms with Crippen molar-refractivity contribution in [3.63, 3.8) is 0 Å². The fourth-order valence-corrected chi connectivity index (χ4v) is 2.01. The summed E-state index contributed by atoms with van der Waals surface area (Å²) in [5.74, 6) is -2.32. The van der Waals surface area contributed by atoms with Gasteiger partial charge in [0, 0.05) is 11.4 Å². The Hall–Kier alpha value is -2.48. The standard InChI is InChI=1S/C11H6FNO5S/c12-7-2-1-3-8(10(7)13(16)17)18-6-4-9(11(14)15)19-5-6/h1-5H,(H,14,15). The van der Waals surface area contributed by atoms with Gasteiger partial charge < -0.3 is 9.84 Å². The fraction of sp³-hybridized carbons (Fsp3) is 0. The molecule has 1 N–H and O–H groups in total. The second kappa shape index (κ2) is 5.02. The van der Waals surface area contributed by atoms with Crippen molar-refractivity contribution < 1.29 is 24.0 Å².